The highest BCUT2D eigenvalue weighted by atomic mass is 15.4. The van der Waals surface area contributed by atoms with Crippen LogP contribution >= 0.6 is 0 Å². The largest absolute Gasteiger partial charge is 0.367 e. The summed E-state index contributed by atoms with van der Waals surface area (Å²) < 4.78 is 0. The summed E-state index contributed by atoms with van der Waals surface area (Å²) in [7, 11) is 0. The van der Waals surface area contributed by atoms with E-state index >= 15 is 0 Å². The number of allylic oxidation sites excluding steroid dienone is 2. The lowest BCUT2D eigenvalue weighted by atomic mass is 9.78. The van der Waals surface area contributed by atoms with Gasteiger partial charge in [0.25, 0.3) is 0 Å². The van der Waals surface area contributed by atoms with Gasteiger partial charge in [-0.25, -0.2) is 0 Å². The van der Waals surface area contributed by atoms with Crippen molar-refractivity contribution in [3.8, 4) is 0 Å². The molecule has 2 fully saturated rings. The van der Waals surface area contributed by atoms with Crippen LogP contribution in [0.5, 0.6) is 0 Å². The van der Waals surface area contributed by atoms with Gasteiger partial charge in [0.15, 0.2) is 0 Å². The van der Waals surface area contributed by atoms with Crippen LogP contribution in [0.3, 0.4) is 0 Å². The van der Waals surface area contributed by atoms with E-state index in [4.69, 9.17) is 0 Å². The van der Waals surface area contributed by atoms with Crippen molar-refractivity contribution in [3.05, 3.63) is 11.8 Å². The van der Waals surface area contributed by atoms with E-state index in [1.54, 1.807) is 0 Å². The molecule has 1 saturated heterocycles. The molecular formula is C15H27N3. The van der Waals surface area contributed by atoms with E-state index in [1.807, 2.05) is 0 Å². The monoisotopic (exact) mass is 249 g/mol. The minimum atomic E-state index is -0.149. The molecule has 2 aliphatic rings. The molecule has 1 N–H and O–H groups in total. The second kappa shape index (κ2) is 4.69. The van der Waals surface area contributed by atoms with Crippen molar-refractivity contribution in [1.29, 1.82) is 0 Å². The normalized spacial score (nSPS) is 36.1. The summed E-state index contributed by atoms with van der Waals surface area (Å²) in [6, 6.07) is 0.466. The molecule has 1 saturated carbocycles. The van der Waals surface area contributed by atoms with Gasteiger partial charge in [0.1, 0.15) is 5.66 Å². The lowest BCUT2D eigenvalue weighted by Gasteiger charge is -2.57. The molecule has 2 rings (SSSR count). The first-order valence-electron chi connectivity index (χ1n) is 7.11. The van der Waals surface area contributed by atoms with E-state index in [0.717, 1.165) is 13.0 Å². The second-order valence-electron chi connectivity index (χ2n) is 6.41. The molecule has 102 valence electrons. The van der Waals surface area contributed by atoms with E-state index in [9.17, 15) is 0 Å². The molecule has 0 radical (unpaired) electrons. The fourth-order valence-corrected chi connectivity index (χ4v) is 3.62. The average Bonchev–Trinajstić information content (AvgIpc) is 2.35. The van der Waals surface area contributed by atoms with Crippen LogP contribution in [-0.2, 0) is 0 Å². The molecule has 1 aliphatic carbocycles. The Morgan fingerprint density at radius 2 is 2.17 bits per heavy atom. The fraction of sp³-hybridized carbons (Fsp3) is 0.800. The van der Waals surface area contributed by atoms with E-state index < -0.39 is 0 Å². The summed E-state index contributed by atoms with van der Waals surface area (Å²) in [6.07, 6.45) is 7.09. The molecule has 2 atom stereocenters. The number of hydrogen-bond donors (Lipinski definition) is 1. The molecule has 0 aromatic heterocycles. The number of nitrogens with zero attached hydrogens (tertiary/aromatic N) is 2. The molecule has 0 aromatic rings. The van der Waals surface area contributed by atoms with Gasteiger partial charge < -0.3 is 4.90 Å². The van der Waals surface area contributed by atoms with Crippen molar-refractivity contribution in [2.45, 2.75) is 70.6 Å². The number of aliphatic imine (C=N–C) groups is 1. The van der Waals surface area contributed by atoms with Crippen LogP contribution in [0.4, 0.5) is 0 Å². The van der Waals surface area contributed by atoms with Gasteiger partial charge in [0.05, 0.1) is 6.04 Å². The summed E-state index contributed by atoms with van der Waals surface area (Å²) in [5.41, 5.74) is 1.30. The van der Waals surface area contributed by atoms with Crippen LogP contribution in [0, 0.1) is 0 Å². The zero-order chi connectivity index (χ0) is 13.4. The third-order valence-corrected chi connectivity index (χ3v) is 4.49. The summed E-state index contributed by atoms with van der Waals surface area (Å²) >= 11 is 0. The summed E-state index contributed by atoms with van der Waals surface area (Å²) in [5.74, 6) is 0. The quantitative estimate of drug-likeness (QED) is 0.762. The van der Waals surface area contributed by atoms with Crippen LogP contribution < -0.4 is 5.32 Å². The van der Waals surface area contributed by atoms with Crippen LogP contribution in [0.1, 0.15) is 53.4 Å². The SMILES string of the molecule is C=NC12CCCCC1N(C(C)=CC)CC(C)(C)N2. The molecule has 3 nitrogen and oxygen atoms in total. The Hall–Kier alpha value is -0.830. The summed E-state index contributed by atoms with van der Waals surface area (Å²) in [4.78, 5) is 7.08. The Morgan fingerprint density at radius 1 is 1.44 bits per heavy atom. The van der Waals surface area contributed by atoms with Crippen molar-refractivity contribution in [3.63, 3.8) is 0 Å². The van der Waals surface area contributed by atoms with E-state index in [2.05, 4.69) is 55.7 Å². The van der Waals surface area contributed by atoms with Crippen LogP contribution in [-0.4, -0.2) is 35.4 Å². The zero-order valence-corrected chi connectivity index (χ0v) is 12.3. The topological polar surface area (TPSA) is 27.6 Å². The second-order valence-corrected chi connectivity index (χ2v) is 6.41. The van der Waals surface area contributed by atoms with E-state index in [-0.39, 0.29) is 11.2 Å². The Bertz CT molecular complexity index is 359. The molecule has 3 heteroatoms. The van der Waals surface area contributed by atoms with Crippen molar-refractivity contribution in [1.82, 2.24) is 10.2 Å². The molecule has 18 heavy (non-hydrogen) atoms. The van der Waals surface area contributed by atoms with Gasteiger partial charge in [0.2, 0.25) is 0 Å². The van der Waals surface area contributed by atoms with Gasteiger partial charge in [-0.2, -0.15) is 0 Å². The predicted octanol–water partition coefficient (Wildman–Crippen LogP) is 2.93. The van der Waals surface area contributed by atoms with Crippen LogP contribution in [0.25, 0.3) is 0 Å². The minimum absolute atomic E-state index is 0.0826. The molecule has 1 aliphatic heterocycles. The van der Waals surface area contributed by atoms with Gasteiger partial charge in [-0.3, -0.25) is 10.3 Å². The van der Waals surface area contributed by atoms with Crippen LogP contribution in [0.15, 0.2) is 16.8 Å². The molecule has 0 amide bonds. The number of hydrogen-bond acceptors (Lipinski definition) is 3. The van der Waals surface area contributed by atoms with Gasteiger partial charge in [-0.05, 0) is 53.7 Å². The first-order chi connectivity index (χ1) is 8.44. The van der Waals surface area contributed by atoms with Crippen molar-refractivity contribution in [2.75, 3.05) is 6.54 Å². The lowest BCUT2D eigenvalue weighted by molar-refractivity contribution is -0.000131. The van der Waals surface area contributed by atoms with Gasteiger partial charge in [-0.15, -0.1) is 0 Å². The van der Waals surface area contributed by atoms with Gasteiger partial charge in [-0.1, -0.05) is 12.5 Å². The average molecular weight is 249 g/mol. The Labute approximate surface area is 111 Å². The van der Waals surface area contributed by atoms with E-state index in [1.165, 1.54) is 25.0 Å². The van der Waals surface area contributed by atoms with Gasteiger partial charge >= 0.3 is 0 Å². The third-order valence-electron chi connectivity index (χ3n) is 4.49. The third kappa shape index (κ3) is 2.20. The summed E-state index contributed by atoms with van der Waals surface area (Å²) in [5, 5.41) is 3.77. The fourth-order valence-electron chi connectivity index (χ4n) is 3.62. The lowest BCUT2D eigenvalue weighted by Crippen LogP contribution is -2.73. The highest BCUT2D eigenvalue weighted by Gasteiger charge is 2.50. The standard InChI is InChI=1S/C15H27N3/c1-6-12(2)18-11-14(3,4)17-15(16-5)10-8-7-9-13(15)18/h6,13,17H,5,7-11H2,1-4H3. The minimum Gasteiger partial charge on any atom is -0.367 e. The molecule has 0 spiro atoms. The smallest absolute Gasteiger partial charge is 0.130 e. The molecule has 0 bridgehead atoms. The first kappa shape index (κ1) is 13.6. The molecule has 1 heterocycles. The van der Waals surface area contributed by atoms with Crippen molar-refractivity contribution >= 4 is 6.72 Å². The Balaban J connectivity index is 2.38. The Kier molecular flexibility index (Phi) is 3.54. The number of rotatable bonds is 2. The first-order valence-corrected chi connectivity index (χ1v) is 7.11. The molecular weight excluding hydrogens is 222 g/mol. The maximum Gasteiger partial charge on any atom is 0.130 e. The Morgan fingerprint density at radius 3 is 2.78 bits per heavy atom. The molecule has 2 unspecified atom stereocenters. The molecule has 0 aromatic carbocycles. The van der Waals surface area contributed by atoms with Crippen LogP contribution in [0.2, 0.25) is 0 Å². The highest BCUT2D eigenvalue weighted by Crippen LogP contribution is 2.40. The summed E-state index contributed by atoms with van der Waals surface area (Å²) in [6.45, 7) is 13.8. The number of piperazine rings is 1. The zero-order valence-electron chi connectivity index (χ0n) is 12.3. The maximum atomic E-state index is 4.53. The van der Waals surface area contributed by atoms with Crippen molar-refractivity contribution < 1.29 is 0 Å². The highest BCUT2D eigenvalue weighted by molar-refractivity contribution is 5.29. The number of fused-ring (bicyclic) bond motifs is 1. The van der Waals surface area contributed by atoms with Crippen molar-refractivity contribution in [2.24, 2.45) is 4.99 Å². The number of nitrogens with one attached hydrogen (secondary N) is 1. The maximum absolute atomic E-state index is 4.53. The predicted molar refractivity (Wildman–Crippen MR) is 77.9 cm³/mol. The van der Waals surface area contributed by atoms with Gasteiger partial charge in [0, 0.05) is 17.8 Å². The van der Waals surface area contributed by atoms with E-state index in [0.29, 0.717) is 6.04 Å².